The maximum absolute atomic E-state index is 12.8. The lowest BCUT2D eigenvalue weighted by molar-refractivity contribution is -0.136. The number of hydrogen-bond acceptors (Lipinski definition) is 3. The first-order valence-electron chi connectivity index (χ1n) is 8.61. The predicted octanol–water partition coefficient (Wildman–Crippen LogP) is 2.43. The fourth-order valence-corrected chi connectivity index (χ4v) is 3.38. The number of aliphatic hydroxyl groups is 1. The van der Waals surface area contributed by atoms with Crippen LogP contribution in [0.3, 0.4) is 0 Å². The molecule has 1 N–H and O–H groups in total. The highest BCUT2D eigenvalue weighted by atomic mass is 16.3. The molecule has 128 valence electrons. The number of likely N-dealkylation sites (tertiary alicyclic amines) is 1. The van der Waals surface area contributed by atoms with Gasteiger partial charge in [-0.05, 0) is 57.2 Å². The van der Waals surface area contributed by atoms with E-state index in [4.69, 9.17) is 0 Å². The van der Waals surface area contributed by atoms with E-state index in [1.807, 2.05) is 37.9 Å². The van der Waals surface area contributed by atoms with Crippen LogP contribution >= 0.6 is 0 Å². The van der Waals surface area contributed by atoms with Gasteiger partial charge in [0.1, 0.15) is 0 Å². The maximum atomic E-state index is 12.8. The van der Waals surface area contributed by atoms with E-state index in [1.54, 1.807) is 0 Å². The molecule has 1 heterocycles. The number of piperidine rings is 1. The summed E-state index contributed by atoms with van der Waals surface area (Å²) in [5.41, 5.74) is 2.41. The third-order valence-electron chi connectivity index (χ3n) is 5.12. The highest BCUT2D eigenvalue weighted by Crippen LogP contribution is 2.22. The van der Waals surface area contributed by atoms with E-state index in [0.717, 1.165) is 25.9 Å². The van der Waals surface area contributed by atoms with Gasteiger partial charge in [0.05, 0.1) is 12.1 Å². The van der Waals surface area contributed by atoms with E-state index in [9.17, 15) is 9.90 Å². The van der Waals surface area contributed by atoms with Crippen LogP contribution in [0.25, 0.3) is 0 Å². The van der Waals surface area contributed by atoms with Crippen molar-refractivity contribution in [2.75, 3.05) is 20.1 Å². The van der Waals surface area contributed by atoms with Crippen LogP contribution in [0.4, 0.5) is 0 Å². The van der Waals surface area contributed by atoms with E-state index in [-0.39, 0.29) is 24.0 Å². The Morgan fingerprint density at radius 3 is 2.74 bits per heavy atom. The normalized spacial score (nSPS) is 21.7. The van der Waals surface area contributed by atoms with Crippen LogP contribution in [0.1, 0.15) is 37.8 Å². The SMILES string of the molecule is Cc1ccccc1CN(C)C(=O)C(C)N1CCCC(C(C)O)C1. The number of amides is 1. The van der Waals surface area contributed by atoms with Crippen molar-refractivity contribution in [2.24, 2.45) is 5.92 Å². The molecule has 3 atom stereocenters. The number of carbonyl (C=O) groups excluding carboxylic acids is 1. The summed E-state index contributed by atoms with van der Waals surface area (Å²) in [6, 6.07) is 8.06. The van der Waals surface area contributed by atoms with Crippen molar-refractivity contribution >= 4 is 5.91 Å². The predicted molar refractivity (Wildman–Crippen MR) is 93.1 cm³/mol. The fourth-order valence-electron chi connectivity index (χ4n) is 3.38. The first-order chi connectivity index (χ1) is 10.9. The second-order valence-electron chi connectivity index (χ2n) is 6.93. The second-order valence-corrected chi connectivity index (χ2v) is 6.93. The van der Waals surface area contributed by atoms with Gasteiger partial charge in [-0.15, -0.1) is 0 Å². The molecule has 4 heteroatoms. The van der Waals surface area contributed by atoms with Gasteiger partial charge in [0.2, 0.25) is 5.91 Å². The zero-order valence-corrected chi connectivity index (χ0v) is 14.8. The van der Waals surface area contributed by atoms with Crippen LogP contribution in [0.15, 0.2) is 24.3 Å². The number of carbonyl (C=O) groups is 1. The first-order valence-corrected chi connectivity index (χ1v) is 8.61. The van der Waals surface area contributed by atoms with Gasteiger partial charge in [0.25, 0.3) is 0 Å². The highest BCUT2D eigenvalue weighted by Gasteiger charge is 2.30. The quantitative estimate of drug-likeness (QED) is 0.907. The van der Waals surface area contributed by atoms with Crippen molar-refractivity contribution in [1.82, 2.24) is 9.80 Å². The van der Waals surface area contributed by atoms with Crippen molar-refractivity contribution in [2.45, 2.75) is 52.3 Å². The summed E-state index contributed by atoms with van der Waals surface area (Å²) in [6.45, 7) is 8.31. The van der Waals surface area contributed by atoms with Gasteiger partial charge in [-0.25, -0.2) is 0 Å². The summed E-state index contributed by atoms with van der Waals surface area (Å²) in [5, 5.41) is 9.83. The monoisotopic (exact) mass is 318 g/mol. The number of rotatable bonds is 5. The Balaban J connectivity index is 1.97. The molecule has 0 saturated carbocycles. The lowest BCUT2D eigenvalue weighted by Crippen LogP contribution is -2.50. The van der Waals surface area contributed by atoms with E-state index in [2.05, 4.69) is 24.0 Å². The van der Waals surface area contributed by atoms with E-state index >= 15 is 0 Å². The van der Waals surface area contributed by atoms with E-state index < -0.39 is 0 Å². The molecular formula is C19H30N2O2. The van der Waals surface area contributed by atoms with Crippen molar-refractivity contribution < 1.29 is 9.90 Å². The van der Waals surface area contributed by atoms with Crippen molar-refractivity contribution in [3.63, 3.8) is 0 Å². The Kier molecular flexibility index (Phi) is 6.19. The van der Waals surface area contributed by atoms with Gasteiger partial charge in [0, 0.05) is 20.1 Å². The smallest absolute Gasteiger partial charge is 0.239 e. The molecule has 0 bridgehead atoms. The largest absolute Gasteiger partial charge is 0.393 e. The molecule has 1 aromatic carbocycles. The molecule has 1 aliphatic heterocycles. The highest BCUT2D eigenvalue weighted by molar-refractivity contribution is 5.81. The average Bonchev–Trinajstić information content (AvgIpc) is 2.55. The molecule has 0 spiro atoms. The standard InChI is InChI=1S/C19H30N2O2/c1-14-8-5-6-9-17(14)12-20(4)19(23)15(2)21-11-7-10-18(13-21)16(3)22/h5-6,8-9,15-16,18,22H,7,10-13H2,1-4H3. The number of hydrogen-bond donors (Lipinski definition) is 1. The number of aliphatic hydroxyl groups excluding tert-OH is 1. The Bertz CT molecular complexity index is 530. The van der Waals surface area contributed by atoms with E-state index in [1.165, 1.54) is 11.1 Å². The van der Waals surface area contributed by atoms with Crippen LogP contribution in [0, 0.1) is 12.8 Å². The van der Waals surface area contributed by atoms with Gasteiger partial charge in [-0.3, -0.25) is 9.69 Å². The molecule has 1 fully saturated rings. The minimum Gasteiger partial charge on any atom is -0.393 e. The molecule has 1 aliphatic rings. The maximum Gasteiger partial charge on any atom is 0.239 e. The van der Waals surface area contributed by atoms with Crippen molar-refractivity contribution in [1.29, 1.82) is 0 Å². The average molecular weight is 318 g/mol. The molecule has 0 aliphatic carbocycles. The Hall–Kier alpha value is -1.39. The lowest BCUT2D eigenvalue weighted by atomic mass is 9.92. The third kappa shape index (κ3) is 4.55. The Morgan fingerprint density at radius 1 is 1.39 bits per heavy atom. The Labute approximate surface area is 140 Å². The van der Waals surface area contributed by atoms with Crippen LogP contribution in [-0.2, 0) is 11.3 Å². The minimum atomic E-state index is -0.301. The molecule has 2 rings (SSSR count). The zero-order valence-electron chi connectivity index (χ0n) is 14.8. The van der Waals surface area contributed by atoms with Crippen LogP contribution in [0.5, 0.6) is 0 Å². The van der Waals surface area contributed by atoms with Crippen LogP contribution in [-0.4, -0.2) is 53.1 Å². The third-order valence-corrected chi connectivity index (χ3v) is 5.12. The molecule has 23 heavy (non-hydrogen) atoms. The van der Waals surface area contributed by atoms with Gasteiger partial charge < -0.3 is 10.0 Å². The van der Waals surface area contributed by atoms with Gasteiger partial charge in [0.15, 0.2) is 0 Å². The summed E-state index contributed by atoms with van der Waals surface area (Å²) in [6.07, 6.45) is 1.80. The molecule has 1 aromatic rings. The molecule has 1 saturated heterocycles. The minimum absolute atomic E-state index is 0.134. The van der Waals surface area contributed by atoms with Crippen molar-refractivity contribution in [3.05, 3.63) is 35.4 Å². The lowest BCUT2D eigenvalue weighted by Gasteiger charge is -2.38. The molecule has 3 unspecified atom stereocenters. The molecule has 1 amide bonds. The first kappa shape index (κ1) is 18.0. The van der Waals surface area contributed by atoms with Gasteiger partial charge in [-0.1, -0.05) is 24.3 Å². The van der Waals surface area contributed by atoms with Gasteiger partial charge >= 0.3 is 0 Å². The second kappa shape index (κ2) is 7.93. The zero-order chi connectivity index (χ0) is 17.0. The van der Waals surface area contributed by atoms with Crippen molar-refractivity contribution in [3.8, 4) is 0 Å². The van der Waals surface area contributed by atoms with Crippen LogP contribution < -0.4 is 0 Å². The summed E-state index contributed by atoms with van der Waals surface area (Å²) < 4.78 is 0. The van der Waals surface area contributed by atoms with Gasteiger partial charge in [-0.2, -0.15) is 0 Å². The summed E-state index contributed by atoms with van der Waals surface area (Å²) in [4.78, 5) is 16.8. The molecular weight excluding hydrogens is 288 g/mol. The number of benzene rings is 1. The molecule has 0 aromatic heterocycles. The Morgan fingerprint density at radius 2 is 2.09 bits per heavy atom. The fraction of sp³-hybridized carbons (Fsp3) is 0.632. The molecule has 4 nitrogen and oxygen atoms in total. The molecule has 0 radical (unpaired) electrons. The topological polar surface area (TPSA) is 43.8 Å². The number of nitrogens with zero attached hydrogens (tertiary/aromatic N) is 2. The number of likely N-dealkylation sites (N-methyl/N-ethyl adjacent to an activating group) is 1. The summed E-state index contributed by atoms with van der Waals surface area (Å²) in [5.74, 6) is 0.431. The van der Waals surface area contributed by atoms with E-state index in [0.29, 0.717) is 6.54 Å². The number of aryl methyl sites for hydroxylation is 1. The van der Waals surface area contributed by atoms with Crippen LogP contribution in [0.2, 0.25) is 0 Å². The summed E-state index contributed by atoms with van der Waals surface area (Å²) in [7, 11) is 1.88. The summed E-state index contributed by atoms with van der Waals surface area (Å²) >= 11 is 0.